The maximum absolute atomic E-state index is 14.6. The van der Waals surface area contributed by atoms with E-state index in [1.807, 2.05) is 48.5 Å². The molecule has 0 radical (unpaired) electrons. The van der Waals surface area contributed by atoms with Gasteiger partial charge in [-0.25, -0.2) is 0 Å². The van der Waals surface area contributed by atoms with Crippen LogP contribution in [0.1, 0.15) is 88.5 Å². The van der Waals surface area contributed by atoms with E-state index in [0.717, 1.165) is 6.42 Å². The lowest BCUT2D eigenvalue weighted by Crippen LogP contribution is -2.62. The van der Waals surface area contributed by atoms with Crippen molar-refractivity contribution < 1.29 is 29.0 Å². The van der Waals surface area contributed by atoms with Crippen LogP contribution >= 0.6 is 0 Å². The van der Waals surface area contributed by atoms with E-state index in [-0.39, 0.29) is 41.6 Å². The number of fused-ring (bicyclic) bond motifs is 1. The van der Waals surface area contributed by atoms with Crippen molar-refractivity contribution in [3.05, 3.63) is 24.3 Å². The summed E-state index contributed by atoms with van der Waals surface area (Å²) in [6, 6.07) is 5.59. The monoisotopic (exact) mass is 599 g/mol. The molecule has 8 atom stereocenters. The normalized spacial score (nSPS) is 31.5. The van der Waals surface area contributed by atoms with Gasteiger partial charge in [0.05, 0.1) is 36.7 Å². The van der Waals surface area contributed by atoms with Crippen LogP contribution in [-0.2, 0) is 19.1 Å². The number of rotatable bonds is 11. The number of nitrogens with one attached hydrogen (secondary N) is 2. The zero-order chi connectivity index (χ0) is 32.1. The molecule has 43 heavy (non-hydrogen) atoms. The van der Waals surface area contributed by atoms with Crippen molar-refractivity contribution in [2.24, 2.45) is 29.1 Å². The van der Waals surface area contributed by atoms with Gasteiger partial charge in [-0.05, 0) is 82.1 Å². The van der Waals surface area contributed by atoms with Crippen LogP contribution in [0, 0.1) is 29.1 Å². The van der Waals surface area contributed by atoms with E-state index >= 15 is 0 Å². The van der Waals surface area contributed by atoms with Crippen molar-refractivity contribution in [1.29, 1.82) is 0 Å². The Morgan fingerprint density at radius 2 is 1.77 bits per heavy atom. The molecule has 9 heteroatoms. The number of benzene rings is 1. The van der Waals surface area contributed by atoms with Gasteiger partial charge in [-0.2, -0.15) is 0 Å². The number of likely N-dealkylation sites (tertiary alicyclic amines) is 1. The molecule has 3 heterocycles. The molecule has 3 aliphatic rings. The Hall–Kier alpha value is -2.65. The molecule has 3 amide bonds. The van der Waals surface area contributed by atoms with Crippen LogP contribution in [0.5, 0.6) is 5.75 Å². The first-order chi connectivity index (χ1) is 19.9. The van der Waals surface area contributed by atoms with Crippen LogP contribution in [0.25, 0.3) is 0 Å². The minimum atomic E-state index is -1.19. The van der Waals surface area contributed by atoms with Crippen molar-refractivity contribution in [3.63, 3.8) is 0 Å². The van der Waals surface area contributed by atoms with E-state index < -0.39 is 40.7 Å². The average Bonchev–Trinajstić information content (AvgIpc) is 3.40. The summed E-state index contributed by atoms with van der Waals surface area (Å²) in [6.45, 7) is 20.5. The summed E-state index contributed by atoms with van der Waals surface area (Å²) in [6.07, 6.45) is 1.91. The second kappa shape index (κ2) is 11.7. The van der Waals surface area contributed by atoms with Crippen molar-refractivity contribution in [2.45, 2.75) is 117 Å². The number of ether oxygens (including phenoxy) is 2. The second-order valence-electron chi connectivity index (χ2n) is 15.1. The summed E-state index contributed by atoms with van der Waals surface area (Å²) in [5.74, 6) is -2.01. The molecular weight excluding hydrogens is 546 g/mol. The predicted octanol–water partition coefficient (Wildman–Crippen LogP) is 4.77. The maximum atomic E-state index is 14.6. The number of hydrogen-bond acceptors (Lipinski definition) is 6. The molecule has 2 bridgehead atoms. The Balaban J connectivity index is 1.76. The predicted molar refractivity (Wildman–Crippen MR) is 166 cm³/mol. The Morgan fingerprint density at radius 1 is 1.14 bits per heavy atom. The van der Waals surface area contributed by atoms with Crippen LogP contribution in [0.15, 0.2) is 24.3 Å². The average molecular weight is 600 g/mol. The highest BCUT2D eigenvalue weighted by molar-refractivity contribution is 6.02. The molecule has 240 valence electrons. The van der Waals surface area contributed by atoms with E-state index in [9.17, 15) is 19.5 Å². The lowest BCUT2D eigenvalue weighted by Gasteiger charge is -2.41. The zero-order valence-corrected chi connectivity index (χ0v) is 27.7. The summed E-state index contributed by atoms with van der Waals surface area (Å²) >= 11 is 0. The van der Waals surface area contributed by atoms with Gasteiger partial charge in [0.25, 0.3) is 0 Å². The van der Waals surface area contributed by atoms with Crippen LogP contribution in [0.3, 0.4) is 0 Å². The smallest absolute Gasteiger partial charge is 0.246 e. The van der Waals surface area contributed by atoms with Gasteiger partial charge >= 0.3 is 0 Å². The summed E-state index contributed by atoms with van der Waals surface area (Å²) in [7, 11) is 0. The molecule has 3 fully saturated rings. The third kappa shape index (κ3) is 5.91. The number of aliphatic hydroxyl groups excluding tert-OH is 1. The second-order valence-corrected chi connectivity index (χ2v) is 15.1. The minimum Gasteiger partial charge on any atom is -0.494 e. The van der Waals surface area contributed by atoms with Gasteiger partial charge in [-0.1, -0.05) is 48.0 Å². The standard InChI is InChI=1S/C34H53N3O6/c1-11-20(3)24(18-38)37-27(29(40)36-32(8,9)19-31(5,6)7)34-17-21(4)33(10,43-34)25(26(34)30(37)41)28(39)35-22-13-15-23(16-14-22)42-12-2/h13-16,20-21,24-27,38H,11-12,17-19H2,1-10H3,(H,35,39)(H,36,40)/t20-,21?,24-,25-,26-,27?,33+,34?/m0/s1. The number of aliphatic hydroxyl groups is 1. The summed E-state index contributed by atoms with van der Waals surface area (Å²) in [5, 5.41) is 16.9. The van der Waals surface area contributed by atoms with Crippen molar-refractivity contribution >= 4 is 23.4 Å². The number of nitrogens with zero attached hydrogens (tertiary/aromatic N) is 1. The van der Waals surface area contributed by atoms with Gasteiger partial charge < -0.3 is 30.1 Å². The molecule has 4 rings (SSSR count). The zero-order valence-electron chi connectivity index (χ0n) is 27.7. The van der Waals surface area contributed by atoms with Gasteiger partial charge in [0, 0.05) is 11.2 Å². The number of hydrogen-bond donors (Lipinski definition) is 3. The van der Waals surface area contributed by atoms with Gasteiger partial charge in [0.2, 0.25) is 17.7 Å². The highest BCUT2D eigenvalue weighted by atomic mass is 16.5. The lowest BCUT2D eigenvalue weighted by molar-refractivity contribution is -0.152. The lowest BCUT2D eigenvalue weighted by atomic mass is 9.62. The van der Waals surface area contributed by atoms with Crippen LogP contribution in [0.2, 0.25) is 0 Å². The number of amides is 3. The Labute approximate surface area is 257 Å². The Morgan fingerprint density at radius 3 is 2.30 bits per heavy atom. The van der Waals surface area contributed by atoms with Gasteiger partial charge in [0.15, 0.2) is 0 Å². The molecule has 0 aromatic heterocycles. The number of carbonyl (C=O) groups is 3. The van der Waals surface area contributed by atoms with Crippen molar-refractivity contribution in [3.8, 4) is 5.75 Å². The number of carbonyl (C=O) groups excluding carboxylic acids is 3. The molecule has 3 saturated heterocycles. The minimum absolute atomic E-state index is 0.0402. The van der Waals surface area contributed by atoms with E-state index in [1.165, 1.54) is 0 Å². The molecule has 0 aliphatic carbocycles. The molecule has 9 nitrogen and oxygen atoms in total. The SMILES string of the molecule is CCOc1ccc(NC(=O)[C@@H]2[C@H]3C(=O)N([C@@H](CO)[C@@H](C)CC)C(C(=O)NC(C)(C)CC(C)(C)C)C34CC(C)[C@@]2(C)O4)cc1. The van der Waals surface area contributed by atoms with Gasteiger partial charge in [-0.15, -0.1) is 0 Å². The first-order valence-corrected chi connectivity index (χ1v) is 15.9. The molecule has 3 unspecified atom stereocenters. The summed E-state index contributed by atoms with van der Waals surface area (Å²) in [4.78, 5) is 44.7. The largest absolute Gasteiger partial charge is 0.494 e. The fourth-order valence-electron chi connectivity index (χ4n) is 8.34. The number of anilines is 1. The molecule has 3 aliphatic heterocycles. The fourth-order valence-corrected chi connectivity index (χ4v) is 8.34. The molecule has 3 N–H and O–H groups in total. The molecule has 1 aromatic rings. The third-order valence-electron chi connectivity index (χ3n) is 10.00. The topological polar surface area (TPSA) is 117 Å². The Kier molecular flexibility index (Phi) is 9.04. The molecule has 1 aromatic carbocycles. The molecule has 1 spiro atoms. The third-order valence-corrected chi connectivity index (χ3v) is 10.00. The summed E-state index contributed by atoms with van der Waals surface area (Å²) < 4.78 is 12.4. The highest BCUT2D eigenvalue weighted by Crippen LogP contribution is 2.65. The van der Waals surface area contributed by atoms with Gasteiger partial charge in [0.1, 0.15) is 17.4 Å². The van der Waals surface area contributed by atoms with E-state index in [0.29, 0.717) is 30.9 Å². The molecular formula is C34H53N3O6. The maximum Gasteiger partial charge on any atom is 0.246 e. The Bertz CT molecular complexity index is 1210. The first kappa shape index (κ1) is 33.2. The highest BCUT2D eigenvalue weighted by Gasteiger charge is 2.80. The van der Waals surface area contributed by atoms with Crippen LogP contribution < -0.4 is 15.4 Å². The van der Waals surface area contributed by atoms with Gasteiger partial charge in [-0.3, -0.25) is 14.4 Å². The van der Waals surface area contributed by atoms with Crippen molar-refractivity contribution in [1.82, 2.24) is 10.2 Å². The van der Waals surface area contributed by atoms with E-state index in [4.69, 9.17) is 9.47 Å². The summed E-state index contributed by atoms with van der Waals surface area (Å²) in [5.41, 5.74) is -2.13. The van der Waals surface area contributed by atoms with Crippen molar-refractivity contribution in [2.75, 3.05) is 18.5 Å². The van der Waals surface area contributed by atoms with Crippen LogP contribution in [-0.4, -0.2) is 69.8 Å². The van der Waals surface area contributed by atoms with E-state index in [1.54, 1.807) is 29.2 Å². The quantitative estimate of drug-likeness (QED) is 0.337. The van der Waals surface area contributed by atoms with Crippen LogP contribution in [0.4, 0.5) is 5.69 Å². The van der Waals surface area contributed by atoms with E-state index in [2.05, 4.69) is 31.4 Å². The fraction of sp³-hybridized carbons (Fsp3) is 0.735. The first-order valence-electron chi connectivity index (χ1n) is 15.9. The molecule has 0 saturated carbocycles.